The highest BCUT2D eigenvalue weighted by Gasteiger charge is 2.18. The fraction of sp³-hybridized carbons (Fsp3) is 0.0638. The maximum atomic E-state index is 5.71. The average Bonchev–Trinajstić information content (AvgIpc) is 0.799. The van der Waals surface area contributed by atoms with Gasteiger partial charge in [0.1, 0.15) is 17.2 Å². The lowest BCUT2D eigenvalue weighted by atomic mass is 9.99. The Labute approximate surface area is 602 Å². The second-order valence-electron chi connectivity index (χ2n) is 24.6. The Balaban J connectivity index is 0.000000121. The maximum Gasteiger partial charge on any atom is 0.127 e. The first kappa shape index (κ1) is 69.2. The molecule has 0 heterocycles. The van der Waals surface area contributed by atoms with Gasteiger partial charge in [-0.05, 0) is 169 Å². The molecule has 16 rings (SSSR count). The summed E-state index contributed by atoms with van der Waals surface area (Å²) < 4.78 is 17.0. The Morgan fingerprint density at radius 1 is 0.198 bits per heavy atom. The second kappa shape index (κ2) is 33.7. The lowest BCUT2D eigenvalue weighted by Crippen LogP contribution is -2.10. The van der Waals surface area contributed by atoms with Crippen LogP contribution >= 0.6 is 34.3 Å². The van der Waals surface area contributed by atoms with Gasteiger partial charge in [-0.25, -0.2) is 0 Å². The van der Waals surface area contributed by atoms with Crippen molar-refractivity contribution in [1.29, 1.82) is 0 Å². The summed E-state index contributed by atoms with van der Waals surface area (Å²) in [5, 5.41) is 21.5. The van der Waals surface area contributed by atoms with Crippen molar-refractivity contribution in [2.75, 3.05) is 21.3 Å². The van der Waals surface area contributed by atoms with E-state index in [2.05, 4.69) is 342 Å². The summed E-state index contributed by atoms with van der Waals surface area (Å²) in [7, 11) is 7.64. The number of benzene rings is 16. The van der Waals surface area contributed by atoms with E-state index in [1.807, 2.05) is 30.3 Å². The standard InChI is InChI=1S/C28H27O2P.C24H19P.C22H19OP.C20H15P/c1-19-11-9-15-23(29-3)27(19)21-13-5-7-17-25(21)31-26-18-8-6-14-22(26)28-20(2)12-10-16-24(28)30-4;1-3-11-19(12-4-1)21-15-7-9-17-23(21)25-24-18-10-8-16-22(24)20-13-5-2-6-14-20;1-15-7-3-8-16-10-5-13-19(21(15)16)24-20-14-6-11-17-9-4-12-18(23-2)22(17)20;1-3-11-17-15(7-1)9-5-13-19(17)21-20-14-6-10-16-8-2-4-12-18(16)20/h5-18,31H,1-4H3;1-18,25H;3-14,24H,1-2H3;1-14,21H. The molecule has 0 bridgehead atoms. The molecule has 0 saturated heterocycles. The molecule has 0 aromatic heterocycles. The molecule has 0 N–H and O–H groups in total. The summed E-state index contributed by atoms with van der Waals surface area (Å²) in [6.07, 6.45) is 0. The first-order chi connectivity index (χ1) is 49.7. The van der Waals surface area contributed by atoms with Gasteiger partial charge in [0.25, 0.3) is 0 Å². The molecule has 3 nitrogen and oxygen atoms in total. The normalized spacial score (nSPS) is 11.0. The van der Waals surface area contributed by atoms with Crippen LogP contribution in [0, 0.1) is 20.8 Å². The number of fused-ring (bicyclic) bond motifs is 4. The number of rotatable bonds is 15. The summed E-state index contributed by atoms with van der Waals surface area (Å²) in [6.45, 7) is 6.48. The topological polar surface area (TPSA) is 27.7 Å². The van der Waals surface area contributed by atoms with Gasteiger partial charge in [0.2, 0.25) is 0 Å². The van der Waals surface area contributed by atoms with E-state index in [0.29, 0.717) is 34.3 Å². The van der Waals surface area contributed by atoms with Crippen LogP contribution in [0.25, 0.3) is 87.6 Å². The van der Waals surface area contributed by atoms with Crippen LogP contribution in [0.2, 0.25) is 0 Å². The van der Waals surface area contributed by atoms with Crippen molar-refractivity contribution in [3.63, 3.8) is 0 Å². The molecule has 0 aliphatic heterocycles. The van der Waals surface area contributed by atoms with Crippen molar-refractivity contribution < 1.29 is 14.2 Å². The second-order valence-corrected chi connectivity index (χ2v) is 29.9. The van der Waals surface area contributed by atoms with Crippen LogP contribution in [-0.2, 0) is 0 Å². The number of aryl methyl sites for hydroxylation is 3. The molecular formula is C94H80O3P4. The average molecular weight is 1380 g/mol. The quantitative estimate of drug-likeness (QED) is 0.0958. The molecule has 0 aliphatic carbocycles. The first-order valence-electron chi connectivity index (χ1n) is 34.1. The van der Waals surface area contributed by atoms with Crippen molar-refractivity contribution in [2.24, 2.45) is 0 Å². The van der Waals surface area contributed by atoms with E-state index in [9.17, 15) is 0 Å². The molecule has 0 spiro atoms. The van der Waals surface area contributed by atoms with Crippen molar-refractivity contribution in [3.8, 4) is 61.8 Å². The lowest BCUT2D eigenvalue weighted by molar-refractivity contribution is 0.416. The number of hydrogen-bond donors (Lipinski definition) is 0. The van der Waals surface area contributed by atoms with Crippen molar-refractivity contribution in [2.45, 2.75) is 20.8 Å². The van der Waals surface area contributed by atoms with E-state index in [1.54, 1.807) is 21.3 Å². The van der Waals surface area contributed by atoms with Crippen LogP contribution in [0.3, 0.4) is 0 Å². The van der Waals surface area contributed by atoms with Gasteiger partial charge >= 0.3 is 0 Å². The molecule has 101 heavy (non-hydrogen) atoms. The Morgan fingerprint density at radius 3 is 0.931 bits per heavy atom. The van der Waals surface area contributed by atoms with Crippen LogP contribution in [0.15, 0.2) is 352 Å². The van der Waals surface area contributed by atoms with Crippen molar-refractivity contribution >= 4 is 120 Å². The zero-order valence-electron chi connectivity index (χ0n) is 57.7. The van der Waals surface area contributed by atoms with Crippen LogP contribution in [0.5, 0.6) is 17.2 Å². The Morgan fingerprint density at radius 2 is 0.475 bits per heavy atom. The first-order valence-corrected chi connectivity index (χ1v) is 38.1. The molecule has 1 unspecified atom stereocenters. The smallest absolute Gasteiger partial charge is 0.127 e. The minimum Gasteiger partial charge on any atom is -0.496 e. The van der Waals surface area contributed by atoms with E-state index < -0.39 is 0 Å². The lowest BCUT2D eigenvalue weighted by Gasteiger charge is -2.18. The Bertz CT molecular complexity index is 5230. The van der Waals surface area contributed by atoms with Gasteiger partial charge in [0.05, 0.1) is 21.3 Å². The number of methoxy groups -OCH3 is 3. The predicted molar refractivity (Wildman–Crippen MR) is 448 cm³/mol. The summed E-state index contributed by atoms with van der Waals surface area (Å²) in [6, 6.07) is 125. The molecule has 16 aromatic rings. The summed E-state index contributed by atoms with van der Waals surface area (Å²) >= 11 is 0. The summed E-state index contributed by atoms with van der Waals surface area (Å²) in [5.41, 5.74) is 13.8. The monoisotopic (exact) mass is 1380 g/mol. The van der Waals surface area contributed by atoms with Gasteiger partial charge in [-0.15, -0.1) is 0 Å². The van der Waals surface area contributed by atoms with Crippen LogP contribution in [0.1, 0.15) is 16.7 Å². The minimum absolute atomic E-state index is 0.503. The highest BCUT2D eigenvalue weighted by molar-refractivity contribution is 7.57. The summed E-state index contributed by atoms with van der Waals surface area (Å²) in [4.78, 5) is 0. The van der Waals surface area contributed by atoms with Crippen LogP contribution in [0.4, 0.5) is 0 Å². The van der Waals surface area contributed by atoms with E-state index >= 15 is 0 Å². The highest BCUT2D eigenvalue weighted by Crippen LogP contribution is 2.39. The molecule has 1 atom stereocenters. The molecule has 0 fully saturated rings. The Kier molecular flexibility index (Phi) is 23.1. The van der Waals surface area contributed by atoms with Gasteiger partial charge in [-0.2, -0.15) is 0 Å². The van der Waals surface area contributed by atoms with Gasteiger partial charge < -0.3 is 14.2 Å². The predicted octanol–water partition coefficient (Wildman–Crippen LogP) is 21.5. The van der Waals surface area contributed by atoms with Gasteiger partial charge in [0, 0.05) is 16.5 Å². The number of hydrogen-bond acceptors (Lipinski definition) is 3. The maximum absolute atomic E-state index is 5.71. The third-order valence-electron chi connectivity index (χ3n) is 18.2. The fourth-order valence-electron chi connectivity index (χ4n) is 13.3. The molecule has 0 amide bonds. The minimum atomic E-state index is 0.503. The Hall–Kier alpha value is -10.3. The molecule has 16 aromatic carbocycles. The van der Waals surface area contributed by atoms with E-state index in [-0.39, 0.29) is 0 Å². The van der Waals surface area contributed by atoms with Gasteiger partial charge in [-0.1, -0.05) is 368 Å². The zero-order valence-corrected chi connectivity index (χ0v) is 61.7. The third kappa shape index (κ3) is 16.3. The summed E-state index contributed by atoms with van der Waals surface area (Å²) in [5.74, 6) is 2.77. The van der Waals surface area contributed by atoms with Crippen LogP contribution < -0.4 is 56.6 Å². The molecular weight excluding hydrogens is 1300 g/mol. The van der Waals surface area contributed by atoms with E-state index in [4.69, 9.17) is 14.2 Å². The molecule has 7 heteroatoms. The molecule has 494 valence electrons. The third-order valence-corrected chi connectivity index (χ3v) is 23.8. The van der Waals surface area contributed by atoms with Crippen LogP contribution in [-0.4, -0.2) is 21.3 Å². The van der Waals surface area contributed by atoms with Crippen molar-refractivity contribution in [3.05, 3.63) is 369 Å². The largest absolute Gasteiger partial charge is 0.496 e. The van der Waals surface area contributed by atoms with Crippen molar-refractivity contribution in [1.82, 2.24) is 0 Å². The van der Waals surface area contributed by atoms with Gasteiger partial charge in [-0.3, -0.25) is 0 Å². The zero-order chi connectivity index (χ0) is 69.3. The highest BCUT2D eigenvalue weighted by atomic mass is 31.1. The molecule has 0 saturated carbocycles. The van der Waals surface area contributed by atoms with Gasteiger partial charge in [0.15, 0.2) is 0 Å². The molecule has 0 aliphatic rings. The molecule has 0 radical (unpaired) electrons. The number of ether oxygens (including phenoxy) is 3. The van der Waals surface area contributed by atoms with E-state index in [0.717, 1.165) is 17.2 Å². The van der Waals surface area contributed by atoms with E-state index in [1.165, 1.54) is 147 Å². The fourth-order valence-corrected chi connectivity index (χ4v) is 18.9. The SMILES string of the molecule is COc1cccc(C)c1-c1ccccc1Pc1ccccc1-c1c(C)cccc1OC.COc1cccc2cccc(Pc3cccc4cccc(C)c34)c12.c1ccc(-c2ccccc2Pc2ccccc2-c2ccccc2)cc1.c1ccc2c(Pc3cccc4ccccc34)cccc2c1.